The number of urea groups is 1. The number of hydrogen-bond donors (Lipinski definition) is 2. The molecule has 0 aliphatic carbocycles. The number of aliphatic hydroxyl groups excluding tert-OH is 1. The molecule has 1 aromatic rings. The lowest BCUT2D eigenvalue weighted by molar-refractivity contribution is 0.183. The lowest BCUT2D eigenvalue weighted by Crippen LogP contribution is -2.40. The molecular formula is C10H12N3O2. The summed E-state index contributed by atoms with van der Waals surface area (Å²) in [6.07, 6.45) is 0. The number of benzene rings is 1. The molecule has 1 aromatic carbocycles. The Morgan fingerprint density at radius 1 is 1.53 bits per heavy atom. The van der Waals surface area contributed by atoms with Crippen LogP contribution in [0.25, 0.3) is 0 Å². The molecule has 5 heteroatoms. The van der Waals surface area contributed by atoms with Crippen molar-refractivity contribution in [2.45, 2.75) is 6.54 Å². The molecule has 1 radical (unpaired) electrons. The van der Waals surface area contributed by atoms with E-state index in [4.69, 9.17) is 10.8 Å². The molecule has 0 unspecified atom stereocenters. The molecule has 0 saturated carbocycles. The highest BCUT2D eigenvalue weighted by atomic mass is 16.3. The summed E-state index contributed by atoms with van der Waals surface area (Å²) in [5.41, 5.74) is 9.47. The van der Waals surface area contributed by atoms with Crippen molar-refractivity contribution >= 4 is 17.4 Å². The molecule has 79 valence electrons. The Hall–Kier alpha value is -1.75. The number of carbonyl (C=O) groups is 1. The van der Waals surface area contributed by atoms with E-state index in [2.05, 4.69) is 5.32 Å². The minimum Gasteiger partial charge on any atom is -0.395 e. The van der Waals surface area contributed by atoms with Crippen molar-refractivity contribution in [3.8, 4) is 0 Å². The summed E-state index contributed by atoms with van der Waals surface area (Å²) < 4.78 is 0. The van der Waals surface area contributed by atoms with Crippen LogP contribution in [0.5, 0.6) is 0 Å². The van der Waals surface area contributed by atoms with Gasteiger partial charge in [0.1, 0.15) is 0 Å². The van der Waals surface area contributed by atoms with Gasteiger partial charge < -0.3 is 21.1 Å². The van der Waals surface area contributed by atoms with Gasteiger partial charge in [-0.05, 0) is 17.7 Å². The Balaban J connectivity index is 2.26. The predicted octanol–water partition coefficient (Wildman–Crippen LogP) is 0.941. The molecule has 15 heavy (non-hydrogen) atoms. The van der Waals surface area contributed by atoms with E-state index in [9.17, 15) is 4.79 Å². The molecule has 0 bridgehead atoms. The second-order valence-corrected chi connectivity index (χ2v) is 3.45. The lowest BCUT2D eigenvalue weighted by atomic mass is 10.1. The molecular weight excluding hydrogens is 194 g/mol. The van der Waals surface area contributed by atoms with Gasteiger partial charge in [-0.3, -0.25) is 0 Å². The molecule has 1 aliphatic heterocycles. The number of fused-ring (bicyclic) bond motifs is 1. The van der Waals surface area contributed by atoms with Crippen LogP contribution in [0.2, 0.25) is 0 Å². The summed E-state index contributed by atoms with van der Waals surface area (Å²) >= 11 is 0. The first-order valence-corrected chi connectivity index (χ1v) is 4.72. The van der Waals surface area contributed by atoms with Crippen molar-refractivity contribution in [1.82, 2.24) is 10.6 Å². The molecule has 0 fully saturated rings. The van der Waals surface area contributed by atoms with Crippen LogP contribution in [0.4, 0.5) is 16.2 Å². The fraction of sp³-hybridized carbons (Fsp3) is 0.300. The van der Waals surface area contributed by atoms with Crippen LogP contribution < -0.4 is 11.1 Å². The van der Waals surface area contributed by atoms with Crippen LogP contribution in [0.1, 0.15) is 5.56 Å². The average Bonchev–Trinajstić information content (AvgIpc) is 2.20. The summed E-state index contributed by atoms with van der Waals surface area (Å²) in [6.45, 7) is 0.773. The summed E-state index contributed by atoms with van der Waals surface area (Å²) in [5, 5.41) is 11.5. The Bertz CT molecular complexity index is 392. The van der Waals surface area contributed by atoms with Gasteiger partial charge >= 0.3 is 6.03 Å². The van der Waals surface area contributed by atoms with Crippen LogP contribution in [-0.4, -0.2) is 29.2 Å². The summed E-state index contributed by atoms with van der Waals surface area (Å²) in [5.74, 6) is 0. The monoisotopic (exact) mass is 206 g/mol. The number of nitrogens with one attached hydrogen (secondary N) is 2. The van der Waals surface area contributed by atoms with Gasteiger partial charge in [-0.2, -0.15) is 0 Å². The summed E-state index contributed by atoms with van der Waals surface area (Å²) in [4.78, 5) is 13.0. The average molecular weight is 206 g/mol. The zero-order chi connectivity index (χ0) is 10.8. The van der Waals surface area contributed by atoms with Crippen molar-refractivity contribution in [2.24, 2.45) is 0 Å². The molecule has 1 aliphatic rings. The van der Waals surface area contributed by atoms with Gasteiger partial charge in [0.05, 0.1) is 12.3 Å². The molecule has 2 rings (SSSR count). The van der Waals surface area contributed by atoms with Crippen molar-refractivity contribution in [3.05, 3.63) is 23.8 Å². The molecule has 0 saturated heterocycles. The van der Waals surface area contributed by atoms with Gasteiger partial charge in [-0.1, -0.05) is 6.07 Å². The molecule has 3 N–H and O–H groups in total. The van der Waals surface area contributed by atoms with Crippen LogP contribution in [0.3, 0.4) is 0 Å². The Morgan fingerprint density at radius 2 is 2.33 bits per heavy atom. The number of nitrogens with zero attached hydrogens (tertiary/aromatic N) is 1. The standard InChI is InChI=1S/C10H12N3O2/c11-8-2-1-7-6-13(3-4-14)10(15)12-9(7)5-8/h1-2,5,11,14H,3-4,6H2,(H,12,15). The van der Waals surface area contributed by atoms with Crippen LogP contribution in [-0.2, 0) is 6.54 Å². The van der Waals surface area contributed by atoms with Crippen LogP contribution in [0, 0.1) is 0 Å². The highest BCUT2D eigenvalue weighted by molar-refractivity contribution is 5.92. The van der Waals surface area contributed by atoms with E-state index in [0.717, 1.165) is 5.56 Å². The Morgan fingerprint density at radius 3 is 3.07 bits per heavy atom. The summed E-state index contributed by atoms with van der Waals surface area (Å²) in [6, 6.07) is 4.92. The van der Waals surface area contributed by atoms with Gasteiger partial charge in [0.2, 0.25) is 0 Å². The van der Waals surface area contributed by atoms with E-state index < -0.39 is 0 Å². The topological polar surface area (TPSA) is 76.4 Å². The number of carbonyl (C=O) groups excluding carboxylic acids is 1. The van der Waals surface area contributed by atoms with Gasteiger partial charge in [0.15, 0.2) is 0 Å². The quantitative estimate of drug-likeness (QED) is 0.755. The SMILES string of the molecule is [NH]c1ccc2c(c1)NC(=O)N(CCO)C2. The second kappa shape index (κ2) is 3.78. The van der Waals surface area contributed by atoms with Crippen molar-refractivity contribution < 1.29 is 9.90 Å². The van der Waals surface area contributed by atoms with Gasteiger partial charge in [0, 0.05) is 18.8 Å². The van der Waals surface area contributed by atoms with E-state index >= 15 is 0 Å². The highest BCUT2D eigenvalue weighted by Crippen LogP contribution is 2.25. The van der Waals surface area contributed by atoms with E-state index in [1.54, 1.807) is 12.1 Å². The first-order chi connectivity index (χ1) is 7.20. The maximum atomic E-state index is 11.5. The van der Waals surface area contributed by atoms with E-state index in [1.165, 1.54) is 4.90 Å². The first-order valence-electron chi connectivity index (χ1n) is 4.72. The zero-order valence-electron chi connectivity index (χ0n) is 8.16. The number of β-amino-alcohol motifs (C(OH)–C–C–N with tert-alkyl or cyclic N) is 1. The van der Waals surface area contributed by atoms with Gasteiger partial charge in [0.25, 0.3) is 0 Å². The smallest absolute Gasteiger partial charge is 0.322 e. The summed E-state index contributed by atoms with van der Waals surface area (Å²) in [7, 11) is 0. The third kappa shape index (κ3) is 1.87. The van der Waals surface area contributed by atoms with Gasteiger partial charge in [-0.25, -0.2) is 4.79 Å². The van der Waals surface area contributed by atoms with Crippen molar-refractivity contribution in [3.63, 3.8) is 0 Å². The second-order valence-electron chi connectivity index (χ2n) is 3.45. The van der Waals surface area contributed by atoms with Crippen LogP contribution in [0.15, 0.2) is 18.2 Å². The normalized spacial score (nSPS) is 14.7. The number of hydrogen-bond acceptors (Lipinski definition) is 2. The largest absolute Gasteiger partial charge is 0.395 e. The van der Waals surface area contributed by atoms with E-state index in [1.807, 2.05) is 6.07 Å². The number of aliphatic hydroxyl groups is 1. The predicted molar refractivity (Wildman–Crippen MR) is 55.7 cm³/mol. The van der Waals surface area contributed by atoms with Crippen molar-refractivity contribution in [1.29, 1.82) is 0 Å². The molecule has 1 heterocycles. The number of rotatable bonds is 2. The first kappa shape index (κ1) is 9.79. The number of anilines is 1. The third-order valence-corrected chi connectivity index (χ3v) is 2.37. The van der Waals surface area contributed by atoms with E-state index in [-0.39, 0.29) is 12.6 Å². The highest BCUT2D eigenvalue weighted by Gasteiger charge is 2.21. The molecule has 0 atom stereocenters. The minimum atomic E-state index is -0.220. The van der Waals surface area contributed by atoms with Crippen LogP contribution >= 0.6 is 0 Å². The minimum absolute atomic E-state index is 0.0424. The molecule has 0 aromatic heterocycles. The zero-order valence-corrected chi connectivity index (χ0v) is 8.16. The molecule has 0 spiro atoms. The third-order valence-electron chi connectivity index (χ3n) is 2.37. The Kier molecular flexibility index (Phi) is 2.47. The maximum Gasteiger partial charge on any atom is 0.322 e. The fourth-order valence-electron chi connectivity index (χ4n) is 1.60. The number of amides is 2. The maximum absolute atomic E-state index is 11.5. The van der Waals surface area contributed by atoms with Crippen molar-refractivity contribution in [2.75, 3.05) is 18.5 Å². The molecule has 5 nitrogen and oxygen atoms in total. The van der Waals surface area contributed by atoms with E-state index in [0.29, 0.717) is 24.5 Å². The Labute approximate surface area is 87.5 Å². The van der Waals surface area contributed by atoms with Gasteiger partial charge in [-0.15, -0.1) is 0 Å². The lowest BCUT2D eigenvalue weighted by Gasteiger charge is -2.28. The fourth-order valence-corrected chi connectivity index (χ4v) is 1.60. The molecule has 2 amide bonds.